The maximum atomic E-state index is 12.7. The first-order valence-electron chi connectivity index (χ1n) is 10.1. The van der Waals surface area contributed by atoms with Gasteiger partial charge in [-0.05, 0) is 56.2 Å². The van der Waals surface area contributed by atoms with Gasteiger partial charge in [-0.15, -0.1) is 0 Å². The van der Waals surface area contributed by atoms with Gasteiger partial charge in [0, 0.05) is 19.0 Å². The van der Waals surface area contributed by atoms with Gasteiger partial charge in [0.2, 0.25) is 0 Å². The highest BCUT2D eigenvalue weighted by Gasteiger charge is 2.14. The number of benzene rings is 2. The summed E-state index contributed by atoms with van der Waals surface area (Å²) in [4.78, 5) is 36.1. The minimum absolute atomic E-state index is 0.0554. The van der Waals surface area contributed by atoms with E-state index in [-0.39, 0.29) is 30.3 Å². The molecule has 0 bridgehead atoms. The van der Waals surface area contributed by atoms with Gasteiger partial charge in [0.1, 0.15) is 11.4 Å². The number of nitrogens with one attached hydrogen (secondary N) is 2. The van der Waals surface area contributed by atoms with Crippen LogP contribution < -0.4 is 15.4 Å². The number of ether oxygens (including phenoxy) is 2. The smallest absolute Gasteiger partial charge is 0.302 e. The molecule has 0 atom stereocenters. The summed E-state index contributed by atoms with van der Waals surface area (Å²) in [5.74, 6) is -0.472. The number of esters is 1. The molecule has 0 aliphatic heterocycles. The minimum atomic E-state index is -0.436. The zero-order valence-electron chi connectivity index (χ0n) is 18.0. The first-order chi connectivity index (χ1) is 14.8. The molecule has 0 saturated heterocycles. The summed E-state index contributed by atoms with van der Waals surface area (Å²) in [7, 11) is 0. The normalized spacial score (nSPS) is 11.0. The second-order valence-electron chi connectivity index (χ2n) is 7.06. The average Bonchev–Trinajstić information content (AvgIpc) is 2.74. The van der Waals surface area contributed by atoms with Crippen molar-refractivity contribution in [2.24, 2.45) is 0 Å². The van der Waals surface area contributed by atoms with Crippen molar-refractivity contribution in [3.8, 4) is 5.75 Å². The van der Waals surface area contributed by atoms with Gasteiger partial charge in [0.15, 0.2) is 0 Å². The van der Waals surface area contributed by atoms with Gasteiger partial charge < -0.3 is 20.1 Å². The van der Waals surface area contributed by atoms with Crippen molar-refractivity contribution in [3.63, 3.8) is 0 Å². The summed E-state index contributed by atoms with van der Waals surface area (Å²) in [6.07, 6.45) is 2.12. The van der Waals surface area contributed by atoms with Crippen LogP contribution in [0.15, 0.2) is 60.3 Å². The van der Waals surface area contributed by atoms with Crippen LogP contribution in [-0.4, -0.2) is 37.0 Å². The Hall–Kier alpha value is -3.61. The van der Waals surface area contributed by atoms with Crippen LogP contribution in [0.1, 0.15) is 43.1 Å². The summed E-state index contributed by atoms with van der Waals surface area (Å²) in [5.41, 5.74) is 1.28. The van der Waals surface area contributed by atoms with E-state index in [0.717, 1.165) is 11.3 Å². The van der Waals surface area contributed by atoms with Crippen molar-refractivity contribution in [2.45, 2.75) is 33.3 Å². The zero-order valence-corrected chi connectivity index (χ0v) is 18.0. The Morgan fingerprint density at radius 2 is 1.68 bits per heavy atom. The molecule has 0 unspecified atom stereocenters. The Morgan fingerprint density at radius 1 is 1.00 bits per heavy atom. The quantitative estimate of drug-likeness (QED) is 0.347. The maximum Gasteiger partial charge on any atom is 0.302 e. The summed E-state index contributed by atoms with van der Waals surface area (Å²) < 4.78 is 10.5. The topological polar surface area (TPSA) is 93.7 Å². The fraction of sp³-hybridized carbons (Fsp3) is 0.292. The van der Waals surface area contributed by atoms with Crippen LogP contribution in [0.3, 0.4) is 0 Å². The molecule has 2 aromatic rings. The van der Waals surface area contributed by atoms with Crippen molar-refractivity contribution < 1.29 is 23.9 Å². The van der Waals surface area contributed by atoms with E-state index >= 15 is 0 Å². The average molecular weight is 424 g/mol. The molecule has 0 saturated carbocycles. The van der Waals surface area contributed by atoms with E-state index in [1.54, 1.807) is 54.6 Å². The number of amides is 2. The first-order valence-corrected chi connectivity index (χ1v) is 10.1. The maximum absolute atomic E-state index is 12.7. The van der Waals surface area contributed by atoms with Gasteiger partial charge in [0.25, 0.3) is 11.8 Å². The Labute approximate surface area is 182 Å². The molecular weight excluding hydrogens is 396 g/mol. The predicted octanol–water partition coefficient (Wildman–Crippen LogP) is 3.31. The molecule has 0 aliphatic rings. The molecule has 0 aromatic heterocycles. The van der Waals surface area contributed by atoms with E-state index in [1.165, 1.54) is 6.92 Å². The molecule has 0 fully saturated rings. The SMILES string of the molecule is CC(=O)OCCCNC(=O)C(=Cc1ccc(OC(C)C)cc1)NC(=O)c1ccccc1. The van der Waals surface area contributed by atoms with E-state index in [4.69, 9.17) is 9.47 Å². The highest BCUT2D eigenvalue weighted by Crippen LogP contribution is 2.16. The van der Waals surface area contributed by atoms with Crippen molar-refractivity contribution in [1.82, 2.24) is 10.6 Å². The lowest BCUT2D eigenvalue weighted by atomic mass is 10.1. The lowest BCUT2D eigenvalue weighted by Gasteiger charge is -2.12. The van der Waals surface area contributed by atoms with Gasteiger partial charge in [-0.25, -0.2) is 0 Å². The molecule has 2 aromatic carbocycles. The van der Waals surface area contributed by atoms with Crippen molar-refractivity contribution in [3.05, 3.63) is 71.4 Å². The molecule has 2 amide bonds. The lowest BCUT2D eigenvalue weighted by Crippen LogP contribution is -2.35. The van der Waals surface area contributed by atoms with E-state index < -0.39 is 5.91 Å². The summed E-state index contributed by atoms with van der Waals surface area (Å²) in [5, 5.41) is 5.41. The minimum Gasteiger partial charge on any atom is -0.491 e. The molecule has 0 heterocycles. The molecule has 31 heavy (non-hydrogen) atoms. The molecule has 0 spiro atoms. The second kappa shape index (κ2) is 12.2. The van der Waals surface area contributed by atoms with Crippen molar-refractivity contribution >= 4 is 23.9 Å². The third-order valence-electron chi connectivity index (χ3n) is 4.00. The Bertz CT molecular complexity index is 905. The number of rotatable bonds is 10. The molecule has 7 heteroatoms. The van der Waals surface area contributed by atoms with E-state index in [0.29, 0.717) is 18.5 Å². The first kappa shape index (κ1) is 23.7. The van der Waals surface area contributed by atoms with Gasteiger partial charge in [-0.2, -0.15) is 0 Å². The number of carbonyl (C=O) groups is 3. The molecular formula is C24H28N2O5. The number of carbonyl (C=O) groups excluding carboxylic acids is 3. The number of hydrogen-bond donors (Lipinski definition) is 2. The Kier molecular flexibility index (Phi) is 9.29. The molecule has 2 N–H and O–H groups in total. The molecule has 0 radical (unpaired) electrons. The third-order valence-corrected chi connectivity index (χ3v) is 4.00. The molecule has 7 nitrogen and oxygen atoms in total. The zero-order chi connectivity index (χ0) is 22.6. The highest BCUT2D eigenvalue weighted by molar-refractivity contribution is 6.05. The van der Waals surface area contributed by atoms with Crippen molar-refractivity contribution in [1.29, 1.82) is 0 Å². The summed E-state index contributed by atoms with van der Waals surface area (Å²) >= 11 is 0. The van der Waals surface area contributed by atoms with Crippen LogP contribution in [0.5, 0.6) is 5.75 Å². The Morgan fingerprint density at radius 3 is 2.29 bits per heavy atom. The van der Waals surface area contributed by atoms with Crippen LogP contribution in [0.25, 0.3) is 6.08 Å². The van der Waals surface area contributed by atoms with Crippen LogP contribution in [0.4, 0.5) is 0 Å². The van der Waals surface area contributed by atoms with E-state index in [2.05, 4.69) is 10.6 Å². The van der Waals surface area contributed by atoms with Crippen LogP contribution in [0, 0.1) is 0 Å². The standard InChI is InChI=1S/C24H28N2O5/c1-17(2)31-21-12-10-19(11-13-21)16-22(24(29)25-14-7-15-30-18(3)27)26-23(28)20-8-5-4-6-9-20/h4-6,8-13,16-17H,7,14-15H2,1-3H3,(H,25,29)(H,26,28). The second-order valence-corrected chi connectivity index (χ2v) is 7.06. The number of hydrogen-bond acceptors (Lipinski definition) is 5. The summed E-state index contributed by atoms with van der Waals surface area (Å²) in [6.45, 7) is 5.72. The molecule has 2 rings (SSSR count). The lowest BCUT2D eigenvalue weighted by molar-refractivity contribution is -0.141. The molecule has 0 aliphatic carbocycles. The highest BCUT2D eigenvalue weighted by atomic mass is 16.5. The fourth-order valence-electron chi connectivity index (χ4n) is 2.61. The summed E-state index contributed by atoms with van der Waals surface area (Å²) in [6, 6.07) is 15.9. The van der Waals surface area contributed by atoms with E-state index in [9.17, 15) is 14.4 Å². The third kappa shape index (κ3) is 8.74. The van der Waals surface area contributed by atoms with Crippen molar-refractivity contribution in [2.75, 3.05) is 13.2 Å². The predicted molar refractivity (Wildman–Crippen MR) is 118 cm³/mol. The van der Waals surface area contributed by atoms with Crippen LogP contribution in [0.2, 0.25) is 0 Å². The van der Waals surface area contributed by atoms with Gasteiger partial charge >= 0.3 is 5.97 Å². The van der Waals surface area contributed by atoms with Crippen LogP contribution >= 0.6 is 0 Å². The van der Waals surface area contributed by atoms with Gasteiger partial charge in [0.05, 0.1) is 12.7 Å². The van der Waals surface area contributed by atoms with Crippen LogP contribution in [-0.2, 0) is 14.3 Å². The van der Waals surface area contributed by atoms with E-state index in [1.807, 2.05) is 19.9 Å². The monoisotopic (exact) mass is 424 g/mol. The Balaban J connectivity index is 2.12. The largest absolute Gasteiger partial charge is 0.491 e. The molecule has 164 valence electrons. The van der Waals surface area contributed by atoms with Gasteiger partial charge in [-0.3, -0.25) is 14.4 Å². The van der Waals surface area contributed by atoms with Gasteiger partial charge in [-0.1, -0.05) is 30.3 Å². The fourth-order valence-corrected chi connectivity index (χ4v) is 2.61.